The molecule has 0 aliphatic rings. The molecule has 0 saturated carbocycles. The Hall–Kier alpha value is -0.290. The molecule has 0 aromatic carbocycles. The largest absolute Gasteiger partial charge is 0.343 e. The van der Waals surface area contributed by atoms with E-state index in [1.807, 2.05) is 0 Å². The zero-order chi connectivity index (χ0) is 10.6. The maximum Gasteiger partial charge on any atom is 0.240 e. The second-order valence-corrected chi connectivity index (χ2v) is 5.92. The number of hydrogen-bond acceptors (Lipinski definition) is 3. The van der Waals surface area contributed by atoms with Gasteiger partial charge in [0.25, 0.3) is 0 Å². The third kappa shape index (κ3) is 5.87. The number of sulfone groups is 1. The Bertz CT molecular complexity index is 273. The SMILES string of the molecule is CC(Cl)C(=O)N(C)CCS(C)(=O)=O. The fourth-order valence-electron chi connectivity index (χ4n) is 0.717. The maximum atomic E-state index is 11.2. The summed E-state index contributed by atoms with van der Waals surface area (Å²) in [5.74, 6) is -0.288. The zero-order valence-corrected chi connectivity index (χ0v) is 9.52. The molecule has 78 valence electrons. The average molecular weight is 228 g/mol. The lowest BCUT2D eigenvalue weighted by molar-refractivity contribution is -0.128. The minimum atomic E-state index is -3.02. The number of rotatable bonds is 4. The Morgan fingerprint density at radius 2 is 2.00 bits per heavy atom. The van der Waals surface area contributed by atoms with E-state index in [1.54, 1.807) is 6.92 Å². The molecule has 0 heterocycles. The summed E-state index contributed by atoms with van der Waals surface area (Å²) in [6.07, 6.45) is 1.13. The van der Waals surface area contributed by atoms with Crippen LogP contribution in [-0.2, 0) is 14.6 Å². The molecule has 0 N–H and O–H groups in total. The molecule has 6 heteroatoms. The molecule has 1 amide bonds. The standard InChI is InChI=1S/C7H14ClNO3S/c1-6(8)7(10)9(2)4-5-13(3,11)12/h6H,4-5H2,1-3H3. The van der Waals surface area contributed by atoms with Crippen molar-refractivity contribution in [2.45, 2.75) is 12.3 Å². The van der Waals surface area contributed by atoms with E-state index in [0.29, 0.717) is 0 Å². The first-order valence-electron chi connectivity index (χ1n) is 3.81. The predicted molar refractivity (Wildman–Crippen MR) is 52.7 cm³/mol. The van der Waals surface area contributed by atoms with Gasteiger partial charge >= 0.3 is 0 Å². The van der Waals surface area contributed by atoms with Gasteiger partial charge in [-0.05, 0) is 6.92 Å². The molecule has 0 radical (unpaired) electrons. The van der Waals surface area contributed by atoms with Crippen LogP contribution in [0.5, 0.6) is 0 Å². The van der Waals surface area contributed by atoms with Crippen molar-refractivity contribution in [1.82, 2.24) is 4.90 Å². The van der Waals surface area contributed by atoms with Gasteiger partial charge in [-0.3, -0.25) is 4.79 Å². The van der Waals surface area contributed by atoms with E-state index in [1.165, 1.54) is 11.9 Å². The van der Waals surface area contributed by atoms with E-state index in [-0.39, 0.29) is 18.2 Å². The van der Waals surface area contributed by atoms with Crippen LogP contribution in [0.1, 0.15) is 6.92 Å². The average Bonchev–Trinajstić information content (AvgIpc) is 1.97. The number of nitrogens with zero attached hydrogens (tertiary/aromatic N) is 1. The van der Waals surface area contributed by atoms with Crippen LogP contribution in [0.4, 0.5) is 0 Å². The lowest BCUT2D eigenvalue weighted by atomic mass is 10.4. The van der Waals surface area contributed by atoms with Gasteiger partial charge in [-0.15, -0.1) is 11.6 Å². The zero-order valence-electron chi connectivity index (χ0n) is 7.95. The summed E-state index contributed by atoms with van der Waals surface area (Å²) >= 11 is 5.53. The van der Waals surface area contributed by atoms with Crippen LogP contribution >= 0.6 is 11.6 Å². The molecule has 0 aromatic heterocycles. The highest BCUT2D eigenvalue weighted by atomic mass is 35.5. The maximum absolute atomic E-state index is 11.2. The number of halogens is 1. The van der Waals surface area contributed by atoms with Crippen LogP contribution in [0.2, 0.25) is 0 Å². The molecule has 4 nitrogen and oxygen atoms in total. The van der Waals surface area contributed by atoms with Gasteiger partial charge in [0, 0.05) is 19.8 Å². The van der Waals surface area contributed by atoms with Gasteiger partial charge in [0.1, 0.15) is 15.2 Å². The number of carbonyl (C=O) groups excluding carboxylic acids is 1. The van der Waals surface area contributed by atoms with Crippen molar-refractivity contribution in [3.63, 3.8) is 0 Å². The Morgan fingerprint density at radius 3 is 2.31 bits per heavy atom. The summed E-state index contributed by atoms with van der Waals surface area (Å²) in [4.78, 5) is 12.5. The fraction of sp³-hybridized carbons (Fsp3) is 0.857. The van der Waals surface area contributed by atoms with E-state index < -0.39 is 15.2 Å². The third-order valence-electron chi connectivity index (χ3n) is 1.51. The number of amides is 1. The van der Waals surface area contributed by atoms with E-state index in [0.717, 1.165) is 6.26 Å². The molecule has 0 saturated heterocycles. The molecule has 0 aromatic rings. The monoisotopic (exact) mass is 227 g/mol. The minimum absolute atomic E-state index is 0.0289. The lowest BCUT2D eigenvalue weighted by Crippen LogP contribution is -2.35. The van der Waals surface area contributed by atoms with Gasteiger partial charge in [-0.25, -0.2) is 8.42 Å². The van der Waals surface area contributed by atoms with Crippen molar-refractivity contribution in [1.29, 1.82) is 0 Å². The molecule has 0 fully saturated rings. The Balaban J connectivity index is 4.03. The fourth-order valence-corrected chi connectivity index (χ4v) is 1.49. The molecule has 0 bridgehead atoms. The van der Waals surface area contributed by atoms with Crippen LogP contribution in [0.25, 0.3) is 0 Å². The Labute approximate surface area is 83.8 Å². The van der Waals surface area contributed by atoms with E-state index >= 15 is 0 Å². The van der Waals surface area contributed by atoms with E-state index in [2.05, 4.69) is 0 Å². The second-order valence-electron chi connectivity index (χ2n) is 3.01. The lowest BCUT2D eigenvalue weighted by Gasteiger charge is -2.17. The summed E-state index contributed by atoms with van der Waals surface area (Å²) in [6, 6.07) is 0. The van der Waals surface area contributed by atoms with Crippen LogP contribution in [0.3, 0.4) is 0 Å². The molecule has 0 spiro atoms. The predicted octanol–water partition coefficient (Wildman–Crippen LogP) is 0.117. The number of carbonyl (C=O) groups is 1. The molecular weight excluding hydrogens is 214 g/mol. The first kappa shape index (κ1) is 12.7. The Morgan fingerprint density at radius 1 is 1.54 bits per heavy atom. The van der Waals surface area contributed by atoms with Crippen molar-refractivity contribution in [3.05, 3.63) is 0 Å². The molecule has 1 unspecified atom stereocenters. The van der Waals surface area contributed by atoms with Crippen LogP contribution in [0, 0.1) is 0 Å². The third-order valence-corrected chi connectivity index (χ3v) is 2.62. The quantitative estimate of drug-likeness (QED) is 0.641. The van der Waals surface area contributed by atoms with Gasteiger partial charge in [-0.1, -0.05) is 0 Å². The topological polar surface area (TPSA) is 54.5 Å². The molecular formula is C7H14ClNO3S. The number of hydrogen-bond donors (Lipinski definition) is 0. The normalized spacial score (nSPS) is 13.8. The van der Waals surface area contributed by atoms with Crippen LogP contribution in [-0.4, -0.2) is 50.2 Å². The summed E-state index contributed by atoms with van der Waals surface area (Å²) in [6.45, 7) is 1.75. The highest BCUT2D eigenvalue weighted by Crippen LogP contribution is 1.99. The minimum Gasteiger partial charge on any atom is -0.343 e. The second kappa shape index (κ2) is 4.81. The van der Waals surface area contributed by atoms with Gasteiger partial charge in [0.05, 0.1) is 5.75 Å². The number of alkyl halides is 1. The summed E-state index contributed by atoms with van der Waals surface area (Å²) in [5.41, 5.74) is 0. The molecule has 0 aliphatic carbocycles. The van der Waals surface area contributed by atoms with Crippen molar-refractivity contribution in [2.24, 2.45) is 0 Å². The van der Waals surface area contributed by atoms with Gasteiger partial charge < -0.3 is 4.90 Å². The Kier molecular flexibility index (Phi) is 4.70. The molecule has 0 rings (SSSR count). The van der Waals surface area contributed by atoms with E-state index in [4.69, 9.17) is 11.6 Å². The highest BCUT2D eigenvalue weighted by Gasteiger charge is 2.15. The summed E-state index contributed by atoms with van der Waals surface area (Å²) in [5, 5.41) is -0.607. The summed E-state index contributed by atoms with van der Waals surface area (Å²) in [7, 11) is -1.48. The molecule has 0 aliphatic heterocycles. The van der Waals surface area contributed by atoms with Crippen LogP contribution in [0.15, 0.2) is 0 Å². The van der Waals surface area contributed by atoms with Crippen molar-refractivity contribution in [3.8, 4) is 0 Å². The van der Waals surface area contributed by atoms with Crippen LogP contribution < -0.4 is 0 Å². The van der Waals surface area contributed by atoms with Crippen molar-refractivity contribution >= 4 is 27.3 Å². The van der Waals surface area contributed by atoms with Crippen molar-refractivity contribution < 1.29 is 13.2 Å². The summed E-state index contributed by atoms with van der Waals surface area (Å²) < 4.78 is 21.5. The molecule has 13 heavy (non-hydrogen) atoms. The van der Waals surface area contributed by atoms with Crippen molar-refractivity contribution in [2.75, 3.05) is 25.6 Å². The smallest absolute Gasteiger partial charge is 0.240 e. The highest BCUT2D eigenvalue weighted by molar-refractivity contribution is 7.90. The van der Waals surface area contributed by atoms with E-state index in [9.17, 15) is 13.2 Å². The first-order valence-corrected chi connectivity index (χ1v) is 6.30. The first-order chi connectivity index (χ1) is 5.74. The molecule has 1 atom stereocenters. The van der Waals surface area contributed by atoms with Gasteiger partial charge in [-0.2, -0.15) is 0 Å². The van der Waals surface area contributed by atoms with Gasteiger partial charge in [0.2, 0.25) is 5.91 Å². The van der Waals surface area contributed by atoms with Gasteiger partial charge in [0.15, 0.2) is 0 Å².